The van der Waals surface area contributed by atoms with Gasteiger partial charge in [0.1, 0.15) is 6.04 Å². The van der Waals surface area contributed by atoms with E-state index in [1.807, 2.05) is 31.2 Å². The van der Waals surface area contributed by atoms with Gasteiger partial charge in [-0.1, -0.05) is 29.8 Å². The van der Waals surface area contributed by atoms with E-state index in [1.54, 1.807) is 0 Å². The molecule has 0 bridgehead atoms. The fraction of sp³-hybridized carbons (Fsp3) is 0.429. The van der Waals surface area contributed by atoms with Gasteiger partial charge in [0.25, 0.3) is 0 Å². The zero-order chi connectivity index (χ0) is 15.0. The molecule has 1 aromatic carbocycles. The quantitative estimate of drug-likeness (QED) is 0.702. The van der Waals surface area contributed by atoms with E-state index < -0.39 is 18.0 Å². The number of carbonyl (C=O) groups is 2. The first-order valence-electron chi connectivity index (χ1n) is 6.34. The van der Waals surface area contributed by atoms with Crippen LogP contribution < -0.4 is 10.6 Å². The Morgan fingerprint density at radius 3 is 2.75 bits per heavy atom. The van der Waals surface area contributed by atoms with E-state index >= 15 is 0 Å². The maximum absolute atomic E-state index is 11.7. The number of hydrogen-bond donors (Lipinski definition) is 3. The summed E-state index contributed by atoms with van der Waals surface area (Å²) in [6.07, 6.45) is 0.226. The normalized spacial score (nSPS) is 11.7. The highest BCUT2D eigenvalue weighted by atomic mass is 16.5. The molecule has 2 amide bonds. The van der Waals surface area contributed by atoms with E-state index in [4.69, 9.17) is 9.84 Å². The van der Waals surface area contributed by atoms with Gasteiger partial charge < -0.3 is 20.5 Å². The fourth-order valence-electron chi connectivity index (χ4n) is 1.71. The number of benzene rings is 1. The molecule has 6 heteroatoms. The van der Waals surface area contributed by atoms with Crippen LogP contribution in [0.2, 0.25) is 0 Å². The number of aryl methyl sites for hydroxylation is 1. The number of aliphatic carboxylic acids is 1. The summed E-state index contributed by atoms with van der Waals surface area (Å²) >= 11 is 0. The number of carboxylic acid groups (broad SMARTS) is 1. The third-order valence-electron chi connectivity index (χ3n) is 2.75. The number of carbonyl (C=O) groups excluding carboxylic acids is 1. The molecular weight excluding hydrogens is 260 g/mol. The van der Waals surface area contributed by atoms with Crippen molar-refractivity contribution in [2.75, 3.05) is 13.7 Å². The van der Waals surface area contributed by atoms with Gasteiger partial charge in [0, 0.05) is 26.7 Å². The van der Waals surface area contributed by atoms with Crippen molar-refractivity contribution < 1.29 is 19.4 Å². The number of amides is 2. The molecule has 3 N–H and O–H groups in total. The molecule has 0 aromatic heterocycles. The van der Waals surface area contributed by atoms with Crippen molar-refractivity contribution in [3.63, 3.8) is 0 Å². The number of urea groups is 1. The van der Waals surface area contributed by atoms with Crippen LogP contribution in [0, 0.1) is 6.92 Å². The summed E-state index contributed by atoms with van der Waals surface area (Å²) in [6, 6.07) is 6.27. The summed E-state index contributed by atoms with van der Waals surface area (Å²) in [5.41, 5.74) is 2.07. The zero-order valence-corrected chi connectivity index (χ0v) is 11.7. The summed E-state index contributed by atoms with van der Waals surface area (Å²) in [7, 11) is 1.48. The Bertz CT molecular complexity index is 462. The maximum Gasteiger partial charge on any atom is 0.326 e. The molecule has 0 aliphatic heterocycles. The van der Waals surface area contributed by atoms with Crippen molar-refractivity contribution in [2.24, 2.45) is 0 Å². The van der Waals surface area contributed by atoms with Crippen LogP contribution in [0.15, 0.2) is 24.3 Å². The Morgan fingerprint density at radius 2 is 2.15 bits per heavy atom. The molecule has 0 aliphatic rings. The van der Waals surface area contributed by atoms with Gasteiger partial charge in [-0.15, -0.1) is 0 Å². The van der Waals surface area contributed by atoms with E-state index in [2.05, 4.69) is 10.6 Å². The maximum atomic E-state index is 11.7. The lowest BCUT2D eigenvalue weighted by Crippen LogP contribution is -2.46. The topological polar surface area (TPSA) is 87.7 Å². The molecule has 1 unspecified atom stereocenters. The molecule has 0 spiro atoms. The summed E-state index contributed by atoms with van der Waals surface area (Å²) in [6.45, 7) is 2.59. The molecule has 0 saturated carbocycles. The standard InChI is InChI=1S/C14H20N2O4/c1-10-4-3-5-11(8-10)9-15-14(19)16-12(13(17)18)6-7-20-2/h3-5,8,12H,6-7,9H2,1-2H3,(H,17,18)(H2,15,16,19). The van der Waals surface area contributed by atoms with Crippen molar-refractivity contribution in [2.45, 2.75) is 25.9 Å². The molecule has 6 nitrogen and oxygen atoms in total. The molecule has 1 aromatic rings. The summed E-state index contributed by atoms with van der Waals surface area (Å²) in [5, 5.41) is 14.0. The van der Waals surface area contributed by atoms with Crippen LogP contribution in [0.1, 0.15) is 17.5 Å². The van der Waals surface area contributed by atoms with Crippen LogP contribution >= 0.6 is 0 Å². The van der Waals surface area contributed by atoms with Crippen LogP contribution in [-0.4, -0.2) is 36.9 Å². The van der Waals surface area contributed by atoms with Crippen LogP contribution in [0.3, 0.4) is 0 Å². The molecule has 1 atom stereocenters. The van der Waals surface area contributed by atoms with Gasteiger partial charge in [-0.3, -0.25) is 0 Å². The minimum absolute atomic E-state index is 0.226. The Kier molecular flexibility index (Phi) is 6.52. The first kappa shape index (κ1) is 16.0. The minimum atomic E-state index is -1.08. The fourth-order valence-corrected chi connectivity index (χ4v) is 1.71. The molecule has 110 valence electrons. The number of hydrogen-bond acceptors (Lipinski definition) is 3. The molecule has 0 saturated heterocycles. The first-order valence-corrected chi connectivity index (χ1v) is 6.34. The molecule has 0 heterocycles. The van der Waals surface area contributed by atoms with E-state index in [0.29, 0.717) is 6.54 Å². The predicted octanol–water partition coefficient (Wildman–Crippen LogP) is 1.28. The zero-order valence-electron chi connectivity index (χ0n) is 11.7. The summed E-state index contributed by atoms with van der Waals surface area (Å²) in [5.74, 6) is -1.08. The van der Waals surface area contributed by atoms with Crippen molar-refractivity contribution >= 4 is 12.0 Å². The van der Waals surface area contributed by atoms with Crippen LogP contribution in [-0.2, 0) is 16.1 Å². The Morgan fingerprint density at radius 1 is 1.40 bits per heavy atom. The van der Waals surface area contributed by atoms with Gasteiger partial charge in [-0.2, -0.15) is 0 Å². The van der Waals surface area contributed by atoms with Gasteiger partial charge in [0.15, 0.2) is 0 Å². The molecule has 0 fully saturated rings. The Hall–Kier alpha value is -2.08. The smallest absolute Gasteiger partial charge is 0.326 e. The Labute approximate surface area is 118 Å². The average Bonchev–Trinajstić information content (AvgIpc) is 2.41. The molecular formula is C14H20N2O4. The van der Waals surface area contributed by atoms with Gasteiger partial charge in [0.2, 0.25) is 0 Å². The Balaban J connectivity index is 2.43. The van der Waals surface area contributed by atoms with Gasteiger partial charge in [0.05, 0.1) is 0 Å². The lowest BCUT2D eigenvalue weighted by molar-refractivity contribution is -0.139. The van der Waals surface area contributed by atoms with Crippen LogP contribution in [0.5, 0.6) is 0 Å². The second kappa shape index (κ2) is 8.16. The summed E-state index contributed by atoms with van der Waals surface area (Å²) in [4.78, 5) is 22.6. The van der Waals surface area contributed by atoms with Crippen molar-refractivity contribution in [3.8, 4) is 0 Å². The van der Waals surface area contributed by atoms with Crippen molar-refractivity contribution in [3.05, 3.63) is 35.4 Å². The second-order valence-corrected chi connectivity index (χ2v) is 4.49. The van der Waals surface area contributed by atoms with Crippen LogP contribution in [0.4, 0.5) is 4.79 Å². The van der Waals surface area contributed by atoms with E-state index in [1.165, 1.54) is 7.11 Å². The van der Waals surface area contributed by atoms with Gasteiger partial charge in [-0.05, 0) is 12.5 Å². The minimum Gasteiger partial charge on any atom is -0.480 e. The molecule has 1 rings (SSSR count). The number of ether oxygens (including phenoxy) is 1. The molecule has 0 radical (unpaired) electrons. The predicted molar refractivity (Wildman–Crippen MR) is 74.5 cm³/mol. The number of methoxy groups -OCH3 is 1. The SMILES string of the molecule is COCCC(NC(=O)NCc1cccc(C)c1)C(=O)O. The summed E-state index contributed by atoms with van der Waals surface area (Å²) < 4.78 is 4.81. The van der Waals surface area contributed by atoms with E-state index in [9.17, 15) is 9.59 Å². The highest BCUT2D eigenvalue weighted by molar-refractivity contribution is 5.82. The average molecular weight is 280 g/mol. The number of rotatable bonds is 7. The lowest BCUT2D eigenvalue weighted by Gasteiger charge is -2.14. The monoisotopic (exact) mass is 280 g/mol. The third kappa shape index (κ3) is 5.71. The van der Waals surface area contributed by atoms with Crippen LogP contribution in [0.25, 0.3) is 0 Å². The van der Waals surface area contributed by atoms with Gasteiger partial charge in [-0.25, -0.2) is 9.59 Å². The van der Waals surface area contributed by atoms with Gasteiger partial charge >= 0.3 is 12.0 Å². The largest absolute Gasteiger partial charge is 0.480 e. The lowest BCUT2D eigenvalue weighted by atomic mass is 10.1. The highest BCUT2D eigenvalue weighted by Gasteiger charge is 2.19. The third-order valence-corrected chi connectivity index (χ3v) is 2.75. The first-order chi connectivity index (χ1) is 9.52. The molecule has 0 aliphatic carbocycles. The van der Waals surface area contributed by atoms with Crippen molar-refractivity contribution in [1.82, 2.24) is 10.6 Å². The second-order valence-electron chi connectivity index (χ2n) is 4.49. The van der Waals surface area contributed by atoms with E-state index in [0.717, 1.165) is 11.1 Å². The highest BCUT2D eigenvalue weighted by Crippen LogP contribution is 2.03. The van der Waals surface area contributed by atoms with Crippen molar-refractivity contribution in [1.29, 1.82) is 0 Å². The molecule has 20 heavy (non-hydrogen) atoms. The number of carboxylic acids is 1. The van der Waals surface area contributed by atoms with E-state index in [-0.39, 0.29) is 13.0 Å². The number of nitrogens with one attached hydrogen (secondary N) is 2.